The molecule has 1 fully saturated rings. The number of hydrogen-bond acceptors (Lipinski definition) is 2. The topological polar surface area (TPSA) is 57.6 Å². The number of carboxylic acid groups (broad SMARTS) is 1. The van der Waals surface area contributed by atoms with Crippen LogP contribution in [0.15, 0.2) is 12.2 Å². The van der Waals surface area contributed by atoms with Gasteiger partial charge in [0.05, 0.1) is 0 Å². The van der Waals surface area contributed by atoms with Crippen molar-refractivity contribution in [2.75, 3.05) is 13.6 Å². The molecule has 1 aliphatic carbocycles. The summed E-state index contributed by atoms with van der Waals surface area (Å²) < 4.78 is 0. The van der Waals surface area contributed by atoms with Crippen LogP contribution in [0.25, 0.3) is 0 Å². The van der Waals surface area contributed by atoms with Gasteiger partial charge in [0.1, 0.15) is 0 Å². The highest BCUT2D eigenvalue weighted by molar-refractivity contribution is 5.93. The third kappa shape index (κ3) is 3.73. The van der Waals surface area contributed by atoms with E-state index in [4.69, 9.17) is 5.11 Å². The van der Waals surface area contributed by atoms with Crippen molar-refractivity contribution in [2.24, 2.45) is 5.92 Å². The Labute approximate surface area is 76.8 Å². The van der Waals surface area contributed by atoms with Crippen LogP contribution in [0.5, 0.6) is 0 Å². The lowest BCUT2D eigenvalue weighted by Crippen LogP contribution is -2.27. The Hall–Kier alpha value is -1.32. The third-order valence-electron chi connectivity index (χ3n) is 1.97. The average molecular weight is 183 g/mol. The van der Waals surface area contributed by atoms with Gasteiger partial charge in [0.15, 0.2) is 0 Å². The highest BCUT2D eigenvalue weighted by atomic mass is 16.4. The molecule has 4 heteroatoms. The van der Waals surface area contributed by atoms with Gasteiger partial charge < -0.3 is 10.0 Å². The van der Waals surface area contributed by atoms with Gasteiger partial charge in [-0.25, -0.2) is 4.79 Å². The molecule has 1 N–H and O–H groups in total. The van der Waals surface area contributed by atoms with Crippen molar-refractivity contribution in [3.63, 3.8) is 0 Å². The summed E-state index contributed by atoms with van der Waals surface area (Å²) in [5.74, 6) is -0.699. The fourth-order valence-corrected chi connectivity index (χ4v) is 1.05. The number of amides is 1. The molecular formula is C9H13NO3. The van der Waals surface area contributed by atoms with Crippen LogP contribution in [-0.2, 0) is 9.59 Å². The van der Waals surface area contributed by atoms with E-state index in [2.05, 4.69) is 0 Å². The van der Waals surface area contributed by atoms with Crippen LogP contribution in [-0.4, -0.2) is 35.5 Å². The first kappa shape index (κ1) is 9.77. The quantitative estimate of drug-likeness (QED) is 0.645. The Balaban J connectivity index is 2.32. The van der Waals surface area contributed by atoms with E-state index < -0.39 is 5.97 Å². The van der Waals surface area contributed by atoms with Crippen molar-refractivity contribution in [3.05, 3.63) is 12.2 Å². The minimum absolute atomic E-state index is 0.241. The zero-order valence-corrected chi connectivity index (χ0v) is 7.56. The van der Waals surface area contributed by atoms with Crippen LogP contribution in [0.1, 0.15) is 12.8 Å². The van der Waals surface area contributed by atoms with E-state index in [1.54, 1.807) is 11.9 Å². The van der Waals surface area contributed by atoms with E-state index in [0.717, 1.165) is 18.7 Å². The van der Waals surface area contributed by atoms with Crippen LogP contribution in [0.2, 0.25) is 0 Å². The highest BCUT2D eigenvalue weighted by Crippen LogP contribution is 2.29. The average Bonchev–Trinajstić information content (AvgIpc) is 2.83. The van der Waals surface area contributed by atoms with E-state index in [1.807, 2.05) is 0 Å². The number of likely N-dealkylation sites (N-methyl/N-ethyl adjacent to an activating group) is 1. The minimum Gasteiger partial charge on any atom is -0.478 e. The second-order valence-electron chi connectivity index (χ2n) is 3.33. The smallest absolute Gasteiger partial charge is 0.328 e. The molecule has 1 aliphatic rings. The summed E-state index contributed by atoms with van der Waals surface area (Å²) >= 11 is 0. The number of aliphatic carboxylic acids is 1. The van der Waals surface area contributed by atoms with E-state index >= 15 is 0 Å². The van der Waals surface area contributed by atoms with Crippen LogP contribution in [0.4, 0.5) is 0 Å². The summed E-state index contributed by atoms with van der Waals surface area (Å²) in [6, 6.07) is 0. The van der Waals surface area contributed by atoms with Crippen molar-refractivity contribution >= 4 is 11.9 Å². The van der Waals surface area contributed by atoms with Crippen LogP contribution >= 0.6 is 0 Å². The number of nitrogens with zero attached hydrogens (tertiary/aromatic N) is 1. The minimum atomic E-state index is -1.09. The third-order valence-corrected chi connectivity index (χ3v) is 1.97. The van der Waals surface area contributed by atoms with Gasteiger partial charge in [-0.15, -0.1) is 0 Å². The predicted molar refractivity (Wildman–Crippen MR) is 47.1 cm³/mol. The lowest BCUT2D eigenvalue weighted by atomic mass is 10.3. The molecule has 0 saturated heterocycles. The van der Waals surface area contributed by atoms with E-state index in [9.17, 15) is 9.59 Å². The molecule has 0 atom stereocenters. The molecule has 0 aliphatic heterocycles. The van der Waals surface area contributed by atoms with Crippen LogP contribution < -0.4 is 0 Å². The second-order valence-corrected chi connectivity index (χ2v) is 3.33. The monoisotopic (exact) mass is 183 g/mol. The van der Waals surface area contributed by atoms with Gasteiger partial charge in [-0.05, 0) is 18.8 Å². The zero-order chi connectivity index (χ0) is 9.84. The van der Waals surface area contributed by atoms with E-state index in [-0.39, 0.29) is 5.91 Å². The number of carbonyl (C=O) groups is 2. The second kappa shape index (κ2) is 4.07. The fraction of sp³-hybridized carbons (Fsp3) is 0.556. The molecule has 0 aromatic carbocycles. The van der Waals surface area contributed by atoms with Gasteiger partial charge >= 0.3 is 5.97 Å². The molecule has 0 aromatic heterocycles. The first-order valence-corrected chi connectivity index (χ1v) is 4.25. The lowest BCUT2D eigenvalue weighted by molar-refractivity contribution is -0.132. The van der Waals surface area contributed by atoms with Gasteiger partial charge in [-0.3, -0.25) is 4.79 Å². The molecule has 4 nitrogen and oxygen atoms in total. The molecule has 0 spiro atoms. The molecule has 0 heterocycles. The van der Waals surface area contributed by atoms with Crippen molar-refractivity contribution in [1.29, 1.82) is 0 Å². The molecule has 13 heavy (non-hydrogen) atoms. The van der Waals surface area contributed by atoms with Crippen molar-refractivity contribution in [1.82, 2.24) is 4.90 Å². The fourth-order valence-electron chi connectivity index (χ4n) is 1.05. The standard InChI is InChI=1S/C9H13NO3/c1-10(6-7-2-3-7)8(11)4-5-9(12)13/h4-5,7H,2-3,6H2,1H3,(H,12,13). The Morgan fingerprint density at radius 1 is 1.46 bits per heavy atom. The normalized spacial score (nSPS) is 16.1. The van der Waals surface area contributed by atoms with Crippen molar-refractivity contribution in [3.8, 4) is 0 Å². The van der Waals surface area contributed by atoms with E-state index in [1.165, 1.54) is 12.8 Å². The van der Waals surface area contributed by atoms with Crippen molar-refractivity contribution < 1.29 is 14.7 Å². The highest BCUT2D eigenvalue weighted by Gasteiger charge is 2.23. The summed E-state index contributed by atoms with van der Waals surface area (Å²) in [4.78, 5) is 22.8. The summed E-state index contributed by atoms with van der Waals surface area (Å²) in [6.45, 7) is 0.739. The Kier molecular flexibility index (Phi) is 3.06. The maximum Gasteiger partial charge on any atom is 0.328 e. The summed E-state index contributed by atoms with van der Waals surface area (Å²) in [7, 11) is 1.69. The summed E-state index contributed by atoms with van der Waals surface area (Å²) in [5, 5.41) is 8.28. The van der Waals surface area contributed by atoms with Gasteiger partial charge in [0, 0.05) is 25.7 Å². The molecule has 0 radical (unpaired) electrons. The molecule has 1 amide bonds. The van der Waals surface area contributed by atoms with Gasteiger partial charge in [-0.1, -0.05) is 0 Å². The van der Waals surface area contributed by atoms with Gasteiger partial charge in [0.25, 0.3) is 0 Å². The molecule has 1 saturated carbocycles. The predicted octanol–water partition coefficient (Wildman–Crippen LogP) is 0.496. The number of carboxylic acids is 1. The molecule has 72 valence electrons. The first-order valence-electron chi connectivity index (χ1n) is 4.25. The molecule has 1 rings (SSSR count). The van der Waals surface area contributed by atoms with Gasteiger partial charge in [0.2, 0.25) is 5.91 Å². The summed E-state index contributed by atoms with van der Waals surface area (Å²) in [6.07, 6.45) is 4.32. The Bertz CT molecular complexity index is 243. The maximum atomic E-state index is 11.2. The SMILES string of the molecule is CN(CC1CC1)C(=O)C=CC(=O)O. The Morgan fingerprint density at radius 2 is 2.08 bits per heavy atom. The van der Waals surface area contributed by atoms with Crippen LogP contribution in [0, 0.1) is 5.92 Å². The Morgan fingerprint density at radius 3 is 2.54 bits per heavy atom. The number of rotatable bonds is 4. The van der Waals surface area contributed by atoms with Crippen LogP contribution in [0.3, 0.4) is 0 Å². The zero-order valence-electron chi connectivity index (χ0n) is 7.56. The van der Waals surface area contributed by atoms with Gasteiger partial charge in [-0.2, -0.15) is 0 Å². The maximum absolute atomic E-state index is 11.2. The first-order chi connectivity index (χ1) is 6.09. The number of hydrogen-bond donors (Lipinski definition) is 1. The number of carbonyl (C=O) groups excluding carboxylic acids is 1. The molecule has 0 aromatic rings. The molecule has 0 unspecified atom stereocenters. The van der Waals surface area contributed by atoms with E-state index in [0.29, 0.717) is 5.92 Å². The van der Waals surface area contributed by atoms with Crippen molar-refractivity contribution in [2.45, 2.75) is 12.8 Å². The molecular weight excluding hydrogens is 170 g/mol. The largest absolute Gasteiger partial charge is 0.478 e. The summed E-state index contributed by atoms with van der Waals surface area (Å²) in [5.41, 5.74) is 0. The lowest BCUT2D eigenvalue weighted by Gasteiger charge is -2.13. The molecule has 0 bridgehead atoms.